The van der Waals surface area contributed by atoms with E-state index in [1.165, 1.54) is 128 Å². The number of nitrogens with zero attached hydrogens (tertiary/aromatic N) is 1. The first kappa shape index (κ1) is 59.3. The third-order valence-electron chi connectivity index (χ3n) is 11.4. The lowest BCUT2D eigenvalue weighted by Crippen LogP contribution is -2.30. The lowest BCUT2D eigenvalue weighted by atomic mass is 9.95. The molecule has 11 heteroatoms. The molecule has 0 saturated carbocycles. The number of hydrogen-bond donors (Lipinski definition) is 1. The molecule has 0 heterocycles. The van der Waals surface area contributed by atoms with Crippen LogP contribution in [0.1, 0.15) is 207 Å². The van der Waals surface area contributed by atoms with E-state index in [1.54, 1.807) is 0 Å². The molecule has 0 rings (SSSR count). The molecule has 2 atom stereocenters. The minimum Gasteiger partial charge on any atom is -0.434 e. The van der Waals surface area contributed by atoms with Crippen molar-refractivity contribution >= 4 is 12.3 Å². The van der Waals surface area contributed by atoms with E-state index >= 15 is 0 Å². The van der Waals surface area contributed by atoms with Gasteiger partial charge in [-0.2, -0.15) is 0 Å². The van der Waals surface area contributed by atoms with Crippen molar-refractivity contribution in [2.75, 3.05) is 92.3 Å². The Kier molecular flexibility index (Phi) is 48.0. The summed E-state index contributed by atoms with van der Waals surface area (Å²) in [5, 5.41) is 8.81. The van der Waals surface area contributed by atoms with Crippen LogP contribution in [0.2, 0.25) is 0 Å². The van der Waals surface area contributed by atoms with Crippen molar-refractivity contribution in [1.82, 2.24) is 4.90 Å². The number of aliphatic hydroxyl groups excluding tert-OH is 1. The SMILES string of the molecule is CCCCCCCCC(CCCCCC)COC(=O)OCCCCN(CCCCOC(=O)OCC(CCCCCC)CCCCCCCC)CCOCCOCCOCCO. The molecule has 0 amide bonds. The summed E-state index contributed by atoms with van der Waals surface area (Å²) in [5.41, 5.74) is 0. The zero-order chi connectivity index (χ0) is 44.5. The van der Waals surface area contributed by atoms with Gasteiger partial charge in [0.05, 0.1) is 72.7 Å². The molecule has 0 fully saturated rings. The maximum Gasteiger partial charge on any atom is 0.508 e. The summed E-state index contributed by atoms with van der Waals surface area (Å²) in [6, 6.07) is 0. The second-order valence-corrected chi connectivity index (χ2v) is 17.2. The minimum absolute atomic E-state index is 0.0108. The van der Waals surface area contributed by atoms with Crippen molar-refractivity contribution in [2.24, 2.45) is 11.8 Å². The summed E-state index contributed by atoms with van der Waals surface area (Å²) >= 11 is 0. The van der Waals surface area contributed by atoms with Gasteiger partial charge in [-0.15, -0.1) is 0 Å². The monoisotopic (exact) mass is 874 g/mol. The summed E-state index contributed by atoms with van der Waals surface area (Å²) in [6.45, 7) is 15.8. The Hall–Kier alpha value is -1.66. The van der Waals surface area contributed by atoms with Crippen LogP contribution in [0.4, 0.5) is 9.59 Å². The van der Waals surface area contributed by atoms with Crippen LogP contribution in [0.5, 0.6) is 0 Å². The second-order valence-electron chi connectivity index (χ2n) is 17.2. The summed E-state index contributed by atoms with van der Waals surface area (Å²) in [5.74, 6) is 0.828. The molecule has 0 radical (unpaired) electrons. The molecule has 2 unspecified atom stereocenters. The topological polar surface area (TPSA) is 122 Å². The number of ether oxygens (including phenoxy) is 7. The predicted molar refractivity (Wildman–Crippen MR) is 250 cm³/mol. The van der Waals surface area contributed by atoms with Gasteiger partial charge in [0.2, 0.25) is 0 Å². The molecule has 1 N–H and O–H groups in total. The maximum absolute atomic E-state index is 12.5. The number of rotatable bonds is 49. The Morgan fingerprint density at radius 1 is 0.377 bits per heavy atom. The highest BCUT2D eigenvalue weighted by Gasteiger charge is 2.15. The molecule has 0 aliphatic carbocycles. The predicted octanol–water partition coefficient (Wildman–Crippen LogP) is 12.9. The van der Waals surface area contributed by atoms with E-state index in [0.717, 1.165) is 71.0 Å². The van der Waals surface area contributed by atoms with Crippen molar-refractivity contribution < 1.29 is 47.9 Å². The molecule has 61 heavy (non-hydrogen) atoms. The van der Waals surface area contributed by atoms with Gasteiger partial charge in [0.25, 0.3) is 0 Å². The molecule has 0 aromatic heterocycles. The van der Waals surface area contributed by atoms with Crippen LogP contribution < -0.4 is 0 Å². The first-order valence-electron chi connectivity index (χ1n) is 25.7. The van der Waals surface area contributed by atoms with Crippen molar-refractivity contribution in [2.45, 2.75) is 207 Å². The molecule has 364 valence electrons. The smallest absolute Gasteiger partial charge is 0.434 e. The molecule has 0 bridgehead atoms. The molecule has 11 nitrogen and oxygen atoms in total. The Labute approximate surface area is 375 Å². The van der Waals surface area contributed by atoms with Gasteiger partial charge in [-0.05, 0) is 76.3 Å². The van der Waals surface area contributed by atoms with Crippen LogP contribution in [0, 0.1) is 11.8 Å². The van der Waals surface area contributed by atoms with E-state index in [1.807, 2.05) is 0 Å². The third-order valence-corrected chi connectivity index (χ3v) is 11.4. The third kappa shape index (κ3) is 44.7. The van der Waals surface area contributed by atoms with E-state index in [0.29, 0.717) is 77.9 Å². The highest BCUT2D eigenvalue weighted by molar-refractivity contribution is 5.60. The largest absolute Gasteiger partial charge is 0.508 e. The Morgan fingerprint density at radius 3 is 1.11 bits per heavy atom. The average molecular weight is 874 g/mol. The zero-order valence-electron chi connectivity index (χ0n) is 40.4. The van der Waals surface area contributed by atoms with Gasteiger partial charge in [0.1, 0.15) is 0 Å². The van der Waals surface area contributed by atoms with E-state index in [-0.39, 0.29) is 6.61 Å². The zero-order valence-corrected chi connectivity index (χ0v) is 40.4. The van der Waals surface area contributed by atoms with E-state index in [9.17, 15) is 9.59 Å². The molecular formula is C50H99NO10. The fraction of sp³-hybridized carbons (Fsp3) is 0.960. The van der Waals surface area contributed by atoms with Crippen LogP contribution in [0.3, 0.4) is 0 Å². The van der Waals surface area contributed by atoms with E-state index in [2.05, 4.69) is 32.6 Å². The molecular weight excluding hydrogens is 775 g/mol. The lowest BCUT2D eigenvalue weighted by Gasteiger charge is -2.22. The number of hydrogen-bond acceptors (Lipinski definition) is 11. The average Bonchev–Trinajstić information content (AvgIpc) is 3.26. The number of unbranched alkanes of at least 4 members (excludes halogenated alkanes) is 18. The van der Waals surface area contributed by atoms with Gasteiger partial charge < -0.3 is 43.2 Å². The van der Waals surface area contributed by atoms with E-state index < -0.39 is 12.3 Å². The van der Waals surface area contributed by atoms with Crippen molar-refractivity contribution in [3.8, 4) is 0 Å². The summed E-state index contributed by atoms with van der Waals surface area (Å²) < 4.78 is 38.8. The quantitative estimate of drug-likeness (QED) is 0.0464. The van der Waals surface area contributed by atoms with Crippen LogP contribution in [-0.4, -0.2) is 115 Å². The van der Waals surface area contributed by atoms with Crippen molar-refractivity contribution in [1.29, 1.82) is 0 Å². The maximum atomic E-state index is 12.5. The molecule has 0 aromatic carbocycles. The molecule has 0 saturated heterocycles. The highest BCUT2D eigenvalue weighted by Crippen LogP contribution is 2.21. The molecule has 0 aromatic rings. The first-order chi connectivity index (χ1) is 30.0. The summed E-state index contributed by atoms with van der Waals surface area (Å²) in [4.78, 5) is 27.4. The second kappa shape index (κ2) is 49.4. The van der Waals surface area contributed by atoms with Crippen LogP contribution in [0.25, 0.3) is 0 Å². The van der Waals surface area contributed by atoms with Crippen LogP contribution in [0.15, 0.2) is 0 Å². The van der Waals surface area contributed by atoms with Gasteiger partial charge in [0, 0.05) is 6.54 Å². The normalized spacial score (nSPS) is 12.5. The van der Waals surface area contributed by atoms with Crippen LogP contribution >= 0.6 is 0 Å². The Bertz CT molecular complexity index is 838. The number of carbonyl (C=O) groups excluding carboxylic acids is 2. The number of carbonyl (C=O) groups is 2. The lowest BCUT2D eigenvalue weighted by molar-refractivity contribution is 0.00429. The van der Waals surface area contributed by atoms with Crippen LogP contribution in [-0.2, 0) is 33.2 Å². The van der Waals surface area contributed by atoms with Gasteiger partial charge in [0.15, 0.2) is 0 Å². The standard InChI is InChI=1S/C50H99NO10/c1-5-9-13-17-19-23-31-47(29-21-15-11-7-3)45-60-49(53)58-37-27-25-33-51(35-39-55-41-43-57-44-42-56-40-36-52)34-26-28-38-59-50(54)61-46-48(30-22-16-12-8-4)32-24-20-18-14-10-6-2/h47-48,52H,5-46H2,1-4H3. The first-order valence-corrected chi connectivity index (χ1v) is 25.7. The Morgan fingerprint density at radius 2 is 0.721 bits per heavy atom. The van der Waals surface area contributed by atoms with Crippen molar-refractivity contribution in [3.63, 3.8) is 0 Å². The number of aliphatic hydroxyl groups is 1. The van der Waals surface area contributed by atoms with Gasteiger partial charge in [-0.25, -0.2) is 9.59 Å². The fourth-order valence-corrected chi connectivity index (χ4v) is 7.54. The molecule has 0 aliphatic rings. The molecule has 0 aliphatic heterocycles. The van der Waals surface area contributed by atoms with Gasteiger partial charge >= 0.3 is 12.3 Å². The minimum atomic E-state index is -0.548. The molecule has 0 spiro atoms. The summed E-state index contributed by atoms with van der Waals surface area (Å²) in [7, 11) is 0. The summed E-state index contributed by atoms with van der Waals surface area (Å²) in [6.07, 6.45) is 31.8. The van der Waals surface area contributed by atoms with Crippen molar-refractivity contribution in [3.05, 3.63) is 0 Å². The van der Waals surface area contributed by atoms with Gasteiger partial charge in [-0.1, -0.05) is 156 Å². The van der Waals surface area contributed by atoms with E-state index in [4.69, 9.17) is 38.3 Å². The van der Waals surface area contributed by atoms with Gasteiger partial charge in [-0.3, -0.25) is 0 Å². The fourth-order valence-electron chi connectivity index (χ4n) is 7.54. The Balaban J connectivity index is 4.69. The highest BCUT2D eigenvalue weighted by atomic mass is 16.7.